The summed E-state index contributed by atoms with van der Waals surface area (Å²) < 4.78 is 10.7. The molecule has 2 heterocycles. The van der Waals surface area contributed by atoms with E-state index in [1.807, 2.05) is 48.5 Å². The molecule has 1 N–H and O–H groups in total. The minimum absolute atomic E-state index is 0.198. The van der Waals surface area contributed by atoms with E-state index in [4.69, 9.17) is 9.47 Å². The second kappa shape index (κ2) is 6.32. The van der Waals surface area contributed by atoms with Gasteiger partial charge in [0.1, 0.15) is 0 Å². The van der Waals surface area contributed by atoms with E-state index >= 15 is 0 Å². The maximum atomic E-state index is 12.5. The van der Waals surface area contributed by atoms with E-state index in [1.54, 1.807) is 18.1 Å². The van der Waals surface area contributed by atoms with Gasteiger partial charge in [0.2, 0.25) is 6.79 Å². The maximum absolute atomic E-state index is 12.5. The fourth-order valence-corrected chi connectivity index (χ4v) is 2.80. The molecule has 0 saturated carbocycles. The summed E-state index contributed by atoms with van der Waals surface area (Å²) in [5.74, 6) is 1.45. The summed E-state index contributed by atoms with van der Waals surface area (Å²) in [5.41, 5.74) is 2.44. The van der Waals surface area contributed by atoms with E-state index in [-0.39, 0.29) is 12.8 Å². The number of nitrogens with zero attached hydrogens (tertiary/aromatic N) is 2. The van der Waals surface area contributed by atoms with E-state index in [9.17, 15) is 4.79 Å². The normalized spacial score (nSPS) is 12.2. The lowest BCUT2D eigenvalue weighted by Crippen LogP contribution is -2.30. The number of ether oxygens (including phenoxy) is 2. The first kappa shape index (κ1) is 15.3. The number of nitrogens with one attached hydrogen (secondary N) is 1. The lowest BCUT2D eigenvalue weighted by molar-refractivity contribution is 0.174. The van der Waals surface area contributed by atoms with Gasteiger partial charge >= 0.3 is 6.03 Å². The molecule has 0 atom stereocenters. The summed E-state index contributed by atoms with van der Waals surface area (Å²) in [7, 11) is 1.75. The molecule has 0 spiro atoms. The van der Waals surface area contributed by atoms with Crippen LogP contribution in [0.1, 0.15) is 5.56 Å². The van der Waals surface area contributed by atoms with Crippen molar-refractivity contribution in [1.82, 2.24) is 9.88 Å². The minimum Gasteiger partial charge on any atom is -0.454 e. The smallest absolute Gasteiger partial charge is 0.321 e. The van der Waals surface area contributed by atoms with Crippen LogP contribution in [-0.2, 0) is 6.54 Å². The molecule has 1 aliphatic heterocycles. The number of hydrogen-bond donors (Lipinski definition) is 1. The number of carbonyl (C=O) groups is 1. The van der Waals surface area contributed by atoms with Gasteiger partial charge in [-0.3, -0.25) is 4.98 Å². The van der Waals surface area contributed by atoms with Crippen molar-refractivity contribution in [2.24, 2.45) is 0 Å². The average molecular weight is 335 g/mol. The van der Waals surface area contributed by atoms with Crippen molar-refractivity contribution in [2.45, 2.75) is 6.54 Å². The first-order chi connectivity index (χ1) is 12.2. The molecule has 4 rings (SSSR count). The molecule has 126 valence electrons. The molecular weight excluding hydrogens is 318 g/mol. The van der Waals surface area contributed by atoms with Gasteiger partial charge in [-0.15, -0.1) is 0 Å². The number of urea groups is 1. The molecule has 6 heteroatoms. The molecule has 0 unspecified atom stereocenters. The largest absolute Gasteiger partial charge is 0.454 e. The van der Waals surface area contributed by atoms with E-state index in [0.29, 0.717) is 18.0 Å². The third-order valence-corrected chi connectivity index (χ3v) is 4.08. The third kappa shape index (κ3) is 3.06. The van der Waals surface area contributed by atoms with Crippen LogP contribution in [0.5, 0.6) is 11.5 Å². The Kier molecular flexibility index (Phi) is 3.85. The first-order valence-corrected chi connectivity index (χ1v) is 7.95. The second-order valence-electron chi connectivity index (χ2n) is 5.85. The molecule has 1 aromatic heterocycles. The number of para-hydroxylation sites is 1. The molecule has 0 saturated heterocycles. The molecule has 1 aliphatic rings. The van der Waals surface area contributed by atoms with Crippen molar-refractivity contribution >= 4 is 22.6 Å². The predicted molar refractivity (Wildman–Crippen MR) is 94.8 cm³/mol. The molecule has 25 heavy (non-hydrogen) atoms. The fourth-order valence-electron chi connectivity index (χ4n) is 2.80. The Morgan fingerprint density at radius 2 is 2.00 bits per heavy atom. The number of rotatable bonds is 3. The fraction of sp³-hybridized carbons (Fsp3) is 0.158. The highest BCUT2D eigenvalue weighted by molar-refractivity contribution is 5.99. The highest BCUT2D eigenvalue weighted by atomic mass is 16.7. The Labute approximate surface area is 145 Å². The zero-order chi connectivity index (χ0) is 17.2. The Bertz CT molecular complexity index is 937. The molecular formula is C19H17N3O3. The molecule has 6 nitrogen and oxygen atoms in total. The third-order valence-electron chi connectivity index (χ3n) is 4.08. The number of carbonyl (C=O) groups excluding carboxylic acids is 1. The number of hydrogen-bond acceptors (Lipinski definition) is 4. The molecule has 2 amide bonds. The number of pyridine rings is 1. The van der Waals surface area contributed by atoms with Gasteiger partial charge in [-0.1, -0.05) is 24.3 Å². The zero-order valence-corrected chi connectivity index (χ0v) is 13.7. The van der Waals surface area contributed by atoms with Crippen molar-refractivity contribution < 1.29 is 14.3 Å². The van der Waals surface area contributed by atoms with Gasteiger partial charge in [-0.2, -0.15) is 0 Å². The lowest BCUT2D eigenvalue weighted by atomic mass is 10.2. The van der Waals surface area contributed by atoms with Crippen molar-refractivity contribution in [3.05, 3.63) is 60.3 Å². The Hall–Kier alpha value is -3.28. The number of amides is 2. The van der Waals surface area contributed by atoms with E-state index < -0.39 is 0 Å². The van der Waals surface area contributed by atoms with Gasteiger partial charge in [0.25, 0.3) is 0 Å². The Balaban J connectivity index is 1.48. The van der Waals surface area contributed by atoms with Crippen LogP contribution in [0.4, 0.5) is 10.5 Å². The van der Waals surface area contributed by atoms with Crippen LogP contribution in [0, 0.1) is 0 Å². The average Bonchev–Trinajstić information content (AvgIpc) is 3.10. The van der Waals surface area contributed by atoms with E-state index in [2.05, 4.69) is 10.3 Å². The quantitative estimate of drug-likeness (QED) is 0.794. The summed E-state index contributed by atoms with van der Waals surface area (Å²) in [6, 6.07) is 15.0. The maximum Gasteiger partial charge on any atom is 0.321 e. The van der Waals surface area contributed by atoms with Gasteiger partial charge in [0, 0.05) is 25.2 Å². The number of fused-ring (bicyclic) bond motifs is 2. The zero-order valence-electron chi connectivity index (χ0n) is 13.7. The standard InChI is InChI=1S/C19H17N3O3/c1-22(11-13-7-8-16-17(10-13)25-12-24-16)19(23)21-15-6-2-4-14-5-3-9-20-18(14)15/h2-10H,11-12H2,1H3,(H,21,23). The van der Waals surface area contributed by atoms with Crippen LogP contribution in [0.15, 0.2) is 54.7 Å². The highest BCUT2D eigenvalue weighted by Crippen LogP contribution is 2.32. The van der Waals surface area contributed by atoms with Crippen LogP contribution in [-0.4, -0.2) is 29.8 Å². The Morgan fingerprint density at radius 1 is 1.16 bits per heavy atom. The van der Waals surface area contributed by atoms with E-state index in [0.717, 1.165) is 22.2 Å². The van der Waals surface area contributed by atoms with Gasteiger partial charge in [-0.05, 0) is 29.8 Å². The van der Waals surface area contributed by atoms with Crippen molar-refractivity contribution in [3.8, 4) is 11.5 Å². The van der Waals surface area contributed by atoms with Crippen LogP contribution >= 0.6 is 0 Å². The minimum atomic E-state index is -0.198. The molecule has 0 bridgehead atoms. The second-order valence-corrected chi connectivity index (χ2v) is 5.85. The number of aromatic nitrogens is 1. The summed E-state index contributed by atoms with van der Waals surface area (Å²) in [6.45, 7) is 0.698. The highest BCUT2D eigenvalue weighted by Gasteiger charge is 2.16. The van der Waals surface area contributed by atoms with Crippen molar-refractivity contribution in [3.63, 3.8) is 0 Å². The van der Waals surface area contributed by atoms with E-state index in [1.165, 1.54) is 0 Å². The lowest BCUT2D eigenvalue weighted by Gasteiger charge is -2.18. The molecule has 2 aromatic carbocycles. The van der Waals surface area contributed by atoms with Crippen LogP contribution in [0.2, 0.25) is 0 Å². The van der Waals surface area contributed by atoms with Crippen LogP contribution in [0.3, 0.4) is 0 Å². The monoisotopic (exact) mass is 335 g/mol. The SMILES string of the molecule is CN(Cc1ccc2c(c1)OCO2)C(=O)Nc1cccc2cccnc12. The molecule has 3 aromatic rings. The van der Waals surface area contributed by atoms with Gasteiger partial charge < -0.3 is 19.7 Å². The van der Waals surface area contributed by atoms with Crippen LogP contribution in [0.25, 0.3) is 10.9 Å². The summed E-state index contributed by atoms with van der Waals surface area (Å²) in [4.78, 5) is 18.5. The van der Waals surface area contributed by atoms with Crippen molar-refractivity contribution in [2.75, 3.05) is 19.2 Å². The topological polar surface area (TPSA) is 63.7 Å². The molecule has 0 aliphatic carbocycles. The summed E-state index contributed by atoms with van der Waals surface area (Å²) >= 11 is 0. The van der Waals surface area contributed by atoms with Crippen LogP contribution < -0.4 is 14.8 Å². The summed E-state index contributed by atoms with van der Waals surface area (Å²) in [6.07, 6.45) is 1.72. The number of benzene rings is 2. The Morgan fingerprint density at radius 3 is 2.92 bits per heavy atom. The number of anilines is 1. The van der Waals surface area contributed by atoms with Gasteiger partial charge in [0.15, 0.2) is 11.5 Å². The first-order valence-electron chi connectivity index (χ1n) is 7.95. The van der Waals surface area contributed by atoms with Gasteiger partial charge in [0.05, 0.1) is 11.2 Å². The van der Waals surface area contributed by atoms with Crippen molar-refractivity contribution in [1.29, 1.82) is 0 Å². The molecule has 0 radical (unpaired) electrons. The predicted octanol–water partition coefficient (Wildman–Crippen LogP) is 3.63. The summed E-state index contributed by atoms with van der Waals surface area (Å²) in [5, 5.41) is 3.91. The molecule has 0 fully saturated rings. The van der Waals surface area contributed by atoms with Gasteiger partial charge in [-0.25, -0.2) is 4.79 Å².